The maximum absolute atomic E-state index is 14.1. The molecule has 1 aromatic heterocycles. The fourth-order valence-corrected chi connectivity index (χ4v) is 2.04. The lowest BCUT2D eigenvalue weighted by molar-refractivity contribution is -0.387. The topological polar surface area (TPSA) is 97.8 Å². The normalized spacial score (nSPS) is 11.1. The summed E-state index contributed by atoms with van der Waals surface area (Å²) in [5, 5.41) is 17.0. The molecular weight excluding hydrogens is 270 g/mol. The zero-order chi connectivity index (χ0) is 15.0. The molecule has 0 aliphatic carbocycles. The van der Waals surface area contributed by atoms with E-state index in [4.69, 9.17) is 5.73 Å². The Balaban J connectivity index is 2.74. The van der Waals surface area contributed by atoms with Crippen LogP contribution in [0.4, 0.5) is 20.3 Å². The fraction of sp³-hybridized carbons (Fsp3) is 0.250. The van der Waals surface area contributed by atoms with E-state index < -0.39 is 22.2 Å². The summed E-state index contributed by atoms with van der Waals surface area (Å²) in [6.45, 7) is 3.60. The highest BCUT2D eigenvalue weighted by atomic mass is 19.1. The van der Waals surface area contributed by atoms with Crippen LogP contribution in [0.1, 0.15) is 25.3 Å². The molecule has 2 rings (SSSR count). The van der Waals surface area contributed by atoms with E-state index in [1.807, 2.05) is 0 Å². The molecule has 0 amide bonds. The lowest BCUT2D eigenvalue weighted by Gasteiger charge is -2.08. The number of nitrogens with zero attached hydrogens (tertiary/aromatic N) is 2. The van der Waals surface area contributed by atoms with E-state index in [9.17, 15) is 18.9 Å². The second-order valence-electron chi connectivity index (χ2n) is 4.60. The molecule has 0 saturated heterocycles. The number of aromatic amines is 1. The molecule has 0 unspecified atom stereocenters. The summed E-state index contributed by atoms with van der Waals surface area (Å²) in [6, 6.07) is 1.41. The minimum atomic E-state index is -1.12. The molecule has 2 aromatic rings. The van der Waals surface area contributed by atoms with Crippen molar-refractivity contribution in [2.75, 3.05) is 5.73 Å². The summed E-state index contributed by atoms with van der Waals surface area (Å²) in [5.41, 5.74) is 5.13. The third kappa shape index (κ3) is 2.20. The zero-order valence-electron chi connectivity index (χ0n) is 10.8. The lowest BCUT2D eigenvalue weighted by Crippen LogP contribution is -2.00. The van der Waals surface area contributed by atoms with Gasteiger partial charge in [0, 0.05) is 11.1 Å². The SMILES string of the molecule is CC(C)c1c(N)n[nH]c1-c1cc(F)cc([N+](=O)[O-])c1F. The molecule has 0 atom stereocenters. The number of nitrogen functional groups attached to an aromatic ring is 1. The van der Waals surface area contributed by atoms with E-state index in [1.165, 1.54) is 0 Å². The minimum Gasteiger partial charge on any atom is -0.382 e. The smallest absolute Gasteiger partial charge is 0.308 e. The Hall–Kier alpha value is -2.51. The van der Waals surface area contributed by atoms with Gasteiger partial charge in [-0.05, 0) is 12.0 Å². The van der Waals surface area contributed by atoms with Crippen LogP contribution in [0, 0.1) is 21.7 Å². The highest BCUT2D eigenvalue weighted by Crippen LogP contribution is 2.35. The first-order chi connectivity index (χ1) is 9.32. The maximum atomic E-state index is 14.1. The van der Waals surface area contributed by atoms with Crippen molar-refractivity contribution in [3.05, 3.63) is 39.4 Å². The van der Waals surface area contributed by atoms with Gasteiger partial charge in [0.15, 0.2) is 0 Å². The monoisotopic (exact) mass is 282 g/mol. The molecule has 0 spiro atoms. The Morgan fingerprint density at radius 3 is 2.60 bits per heavy atom. The van der Waals surface area contributed by atoms with Gasteiger partial charge in [-0.3, -0.25) is 15.2 Å². The van der Waals surface area contributed by atoms with Gasteiger partial charge in [-0.25, -0.2) is 4.39 Å². The average Bonchev–Trinajstić information content (AvgIpc) is 2.73. The standard InChI is InChI=1S/C12H12F2N4O2/c1-5(2)9-11(16-17-12(9)15)7-3-6(13)4-8(10(7)14)18(19)20/h3-5H,1-2H3,(H3,15,16,17). The molecular formula is C12H12F2N4O2. The largest absolute Gasteiger partial charge is 0.382 e. The van der Waals surface area contributed by atoms with E-state index in [0.29, 0.717) is 11.6 Å². The van der Waals surface area contributed by atoms with Crippen molar-refractivity contribution in [2.45, 2.75) is 19.8 Å². The first-order valence-electron chi connectivity index (χ1n) is 5.80. The molecule has 0 saturated carbocycles. The molecule has 0 fully saturated rings. The fourth-order valence-electron chi connectivity index (χ4n) is 2.04. The van der Waals surface area contributed by atoms with Crippen molar-refractivity contribution in [3.8, 4) is 11.3 Å². The Bertz CT molecular complexity index is 682. The van der Waals surface area contributed by atoms with Gasteiger partial charge in [-0.1, -0.05) is 13.8 Å². The highest BCUT2D eigenvalue weighted by molar-refractivity contribution is 5.71. The van der Waals surface area contributed by atoms with Gasteiger partial charge in [0.25, 0.3) is 0 Å². The van der Waals surface area contributed by atoms with Crippen LogP contribution in [0.15, 0.2) is 12.1 Å². The number of nitro benzene ring substituents is 1. The first-order valence-corrected chi connectivity index (χ1v) is 5.80. The Labute approximate surface area is 112 Å². The van der Waals surface area contributed by atoms with E-state index in [0.717, 1.165) is 6.07 Å². The lowest BCUT2D eigenvalue weighted by atomic mass is 9.98. The number of halogens is 2. The van der Waals surface area contributed by atoms with Crippen molar-refractivity contribution in [3.63, 3.8) is 0 Å². The second-order valence-corrected chi connectivity index (χ2v) is 4.60. The second kappa shape index (κ2) is 4.87. The van der Waals surface area contributed by atoms with Crippen LogP contribution >= 0.6 is 0 Å². The summed E-state index contributed by atoms with van der Waals surface area (Å²) in [5.74, 6) is -1.98. The molecule has 0 aliphatic rings. The van der Waals surface area contributed by atoms with Gasteiger partial charge < -0.3 is 5.73 Å². The third-order valence-electron chi connectivity index (χ3n) is 2.90. The van der Waals surface area contributed by atoms with E-state index in [-0.39, 0.29) is 23.0 Å². The van der Waals surface area contributed by atoms with Crippen LogP contribution in [0.25, 0.3) is 11.3 Å². The summed E-state index contributed by atoms with van der Waals surface area (Å²) in [7, 11) is 0. The number of nitrogens with one attached hydrogen (secondary N) is 1. The molecule has 1 heterocycles. The van der Waals surface area contributed by atoms with Gasteiger partial charge in [0.2, 0.25) is 5.82 Å². The summed E-state index contributed by atoms with van der Waals surface area (Å²) >= 11 is 0. The van der Waals surface area contributed by atoms with Crippen molar-refractivity contribution >= 4 is 11.5 Å². The van der Waals surface area contributed by atoms with Gasteiger partial charge in [-0.15, -0.1) is 0 Å². The predicted octanol–water partition coefficient (Wildman–Crippen LogP) is 2.97. The van der Waals surface area contributed by atoms with E-state index in [2.05, 4.69) is 10.2 Å². The molecule has 3 N–H and O–H groups in total. The number of benzene rings is 1. The molecule has 20 heavy (non-hydrogen) atoms. The molecule has 8 heteroatoms. The molecule has 1 aromatic carbocycles. The van der Waals surface area contributed by atoms with Crippen molar-refractivity contribution in [1.82, 2.24) is 10.2 Å². The molecule has 0 aliphatic heterocycles. The maximum Gasteiger partial charge on any atom is 0.308 e. The minimum absolute atomic E-state index is 0.106. The Kier molecular flexibility index (Phi) is 3.39. The van der Waals surface area contributed by atoms with Crippen molar-refractivity contribution in [1.29, 1.82) is 0 Å². The van der Waals surface area contributed by atoms with Gasteiger partial charge >= 0.3 is 5.69 Å². The van der Waals surface area contributed by atoms with Crippen LogP contribution in [-0.4, -0.2) is 15.1 Å². The Morgan fingerprint density at radius 2 is 2.05 bits per heavy atom. The van der Waals surface area contributed by atoms with E-state index >= 15 is 0 Å². The number of H-pyrrole nitrogens is 1. The number of anilines is 1. The molecule has 0 radical (unpaired) electrons. The summed E-state index contributed by atoms with van der Waals surface area (Å²) in [4.78, 5) is 9.75. The van der Waals surface area contributed by atoms with Crippen LogP contribution < -0.4 is 5.73 Å². The number of nitrogens with two attached hydrogens (primary N) is 1. The Morgan fingerprint density at radius 1 is 1.40 bits per heavy atom. The van der Waals surface area contributed by atoms with Crippen LogP contribution in [0.2, 0.25) is 0 Å². The molecule has 6 nitrogen and oxygen atoms in total. The molecule has 0 bridgehead atoms. The number of aromatic nitrogens is 2. The third-order valence-corrected chi connectivity index (χ3v) is 2.90. The highest BCUT2D eigenvalue weighted by Gasteiger charge is 2.25. The summed E-state index contributed by atoms with van der Waals surface area (Å²) < 4.78 is 27.6. The van der Waals surface area contributed by atoms with Crippen molar-refractivity contribution in [2.24, 2.45) is 0 Å². The van der Waals surface area contributed by atoms with Crippen LogP contribution in [0.3, 0.4) is 0 Å². The van der Waals surface area contributed by atoms with E-state index in [1.54, 1.807) is 13.8 Å². The number of nitro groups is 1. The number of hydrogen-bond acceptors (Lipinski definition) is 4. The predicted molar refractivity (Wildman–Crippen MR) is 69.1 cm³/mol. The van der Waals surface area contributed by atoms with Crippen molar-refractivity contribution < 1.29 is 13.7 Å². The first kappa shape index (κ1) is 13.9. The zero-order valence-corrected chi connectivity index (χ0v) is 10.8. The van der Waals surface area contributed by atoms with Crippen LogP contribution in [0.5, 0.6) is 0 Å². The summed E-state index contributed by atoms with van der Waals surface area (Å²) in [6.07, 6.45) is 0. The number of hydrogen-bond donors (Lipinski definition) is 2. The van der Waals surface area contributed by atoms with Gasteiger partial charge in [0.05, 0.1) is 16.7 Å². The molecule has 106 valence electrons. The van der Waals surface area contributed by atoms with Gasteiger partial charge in [-0.2, -0.15) is 9.49 Å². The van der Waals surface area contributed by atoms with Crippen LogP contribution in [-0.2, 0) is 0 Å². The van der Waals surface area contributed by atoms with Gasteiger partial charge in [0.1, 0.15) is 11.6 Å². The quantitative estimate of drug-likeness (QED) is 0.667. The number of rotatable bonds is 3. The average molecular weight is 282 g/mol.